The second-order valence-corrected chi connectivity index (χ2v) is 7.15. The average Bonchev–Trinajstić information content (AvgIpc) is 2.54. The Kier molecular flexibility index (Phi) is 7.79. The van der Waals surface area contributed by atoms with Gasteiger partial charge in [0.2, 0.25) is 0 Å². The van der Waals surface area contributed by atoms with Gasteiger partial charge in [-0.1, -0.05) is 41.9 Å². The number of halogens is 2. The van der Waals surface area contributed by atoms with Gasteiger partial charge in [0.15, 0.2) is 6.61 Å². The minimum Gasteiger partial charge on any atom is -0.483 e. The Morgan fingerprint density at radius 3 is 2.74 bits per heavy atom. The van der Waals surface area contributed by atoms with Crippen molar-refractivity contribution in [1.82, 2.24) is 5.32 Å². The molecule has 0 saturated heterocycles. The van der Waals surface area contributed by atoms with Crippen LogP contribution in [0.1, 0.15) is 5.56 Å². The van der Waals surface area contributed by atoms with Crippen molar-refractivity contribution in [1.29, 1.82) is 0 Å². The molecule has 2 aromatic carbocycles. The van der Waals surface area contributed by atoms with Gasteiger partial charge in [0.1, 0.15) is 5.75 Å². The fraction of sp³-hybridized carbons (Fsp3) is 0.235. The molecule has 23 heavy (non-hydrogen) atoms. The van der Waals surface area contributed by atoms with Gasteiger partial charge in [-0.2, -0.15) is 11.8 Å². The molecule has 0 radical (unpaired) electrons. The molecule has 0 heterocycles. The summed E-state index contributed by atoms with van der Waals surface area (Å²) in [4.78, 5) is 11.7. The molecule has 0 aromatic heterocycles. The number of benzene rings is 2. The Balaban J connectivity index is 1.60. The Hall–Kier alpha value is -1.17. The van der Waals surface area contributed by atoms with Crippen molar-refractivity contribution in [2.45, 2.75) is 5.75 Å². The zero-order valence-electron chi connectivity index (χ0n) is 12.4. The zero-order valence-corrected chi connectivity index (χ0v) is 15.6. The predicted molar refractivity (Wildman–Crippen MR) is 100 cm³/mol. The van der Waals surface area contributed by atoms with Gasteiger partial charge in [0.05, 0.1) is 4.47 Å². The van der Waals surface area contributed by atoms with Gasteiger partial charge >= 0.3 is 0 Å². The van der Waals surface area contributed by atoms with Crippen LogP contribution < -0.4 is 10.1 Å². The molecule has 2 rings (SSSR count). The average molecular weight is 415 g/mol. The fourth-order valence-corrected chi connectivity index (χ4v) is 3.43. The Morgan fingerprint density at radius 1 is 1.22 bits per heavy atom. The molecule has 1 N–H and O–H groups in total. The molecule has 0 aliphatic rings. The lowest BCUT2D eigenvalue weighted by atomic mass is 10.2. The summed E-state index contributed by atoms with van der Waals surface area (Å²) in [5.41, 5.74) is 1.29. The van der Waals surface area contributed by atoms with Gasteiger partial charge in [-0.3, -0.25) is 4.79 Å². The summed E-state index contributed by atoms with van der Waals surface area (Å²) >= 11 is 11.0. The molecule has 2 aromatic rings. The van der Waals surface area contributed by atoms with E-state index in [2.05, 4.69) is 33.4 Å². The summed E-state index contributed by atoms with van der Waals surface area (Å²) in [6, 6.07) is 15.5. The minimum atomic E-state index is -0.132. The molecular weight excluding hydrogens is 398 g/mol. The van der Waals surface area contributed by atoms with Crippen molar-refractivity contribution < 1.29 is 9.53 Å². The van der Waals surface area contributed by atoms with E-state index in [0.717, 1.165) is 16.0 Å². The summed E-state index contributed by atoms with van der Waals surface area (Å²) in [5.74, 6) is 2.28. The normalized spacial score (nSPS) is 10.3. The lowest BCUT2D eigenvalue weighted by molar-refractivity contribution is -0.122. The zero-order chi connectivity index (χ0) is 16.5. The van der Waals surface area contributed by atoms with E-state index in [-0.39, 0.29) is 12.5 Å². The highest BCUT2D eigenvalue weighted by Gasteiger charge is 2.05. The Bertz CT molecular complexity index is 640. The Morgan fingerprint density at radius 2 is 2.00 bits per heavy atom. The lowest BCUT2D eigenvalue weighted by Gasteiger charge is -2.09. The van der Waals surface area contributed by atoms with Crippen LogP contribution in [0.2, 0.25) is 5.02 Å². The quantitative estimate of drug-likeness (QED) is 0.645. The number of carbonyl (C=O) groups is 1. The number of hydrogen-bond donors (Lipinski definition) is 1. The number of hydrogen-bond acceptors (Lipinski definition) is 3. The van der Waals surface area contributed by atoms with Gasteiger partial charge in [-0.05, 0) is 39.7 Å². The summed E-state index contributed by atoms with van der Waals surface area (Å²) in [5, 5.41) is 3.46. The van der Waals surface area contributed by atoms with Crippen molar-refractivity contribution in [2.75, 3.05) is 18.9 Å². The molecule has 0 spiro atoms. The van der Waals surface area contributed by atoms with Gasteiger partial charge in [0.25, 0.3) is 5.91 Å². The first-order valence-corrected chi connectivity index (χ1v) is 9.44. The van der Waals surface area contributed by atoms with Crippen LogP contribution in [0.25, 0.3) is 0 Å². The highest BCUT2D eigenvalue weighted by atomic mass is 79.9. The lowest BCUT2D eigenvalue weighted by Crippen LogP contribution is -2.30. The molecule has 122 valence electrons. The molecule has 0 aliphatic heterocycles. The van der Waals surface area contributed by atoms with Crippen LogP contribution >= 0.6 is 39.3 Å². The molecule has 0 atom stereocenters. The van der Waals surface area contributed by atoms with E-state index in [9.17, 15) is 4.79 Å². The van der Waals surface area contributed by atoms with Crippen molar-refractivity contribution >= 4 is 45.2 Å². The summed E-state index contributed by atoms with van der Waals surface area (Å²) < 4.78 is 6.19. The number of rotatable bonds is 8. The second kappa shape index (κ2) is 9.85. The van der Waals surface area contributed by atoms with Crippen LogP contribution in [0.4, 0.5) is 0 Å². The first-order chi connectivity index (χ1) is 11.1. The van der Waals surface area contributed by atoms with Crippen LogP contribution in [-0.2, 0) is 10.5 Å². The van der Waals surface area contributed by atoms with Gasteiger partial charge in [0, 0.05) is 23.1 Å². The van der Waals surface area contributed by atoms with Gasteiger partial charge in [-0.15, -0.1) is 0 Å². The van der Waals surface area contributed by atoms with Crippen molar-refractivity contribution in [3.63, 3.8) is 0 Å². The van der Waals surface area contributed by atoms with E-state index in [1.54, 1.807) is 30.0 Å². The minimum absolute atomic E-state index is 0.0103. The van der Waals surface area contributed by atoms with Crippen molar-refractivity contribution in [3.05, 3.63) is 63.6 Å². The number of nitrogens with one attached hydrogen (secondary N) is 1. The van der Waals surface area contributed by atoms with E-state index >= 15 is 0 Å². The van der Waals surface area contributed by atoms with Crippen LogP contribution in [0.3, 0.4) is 0 Å². The highest BCUT2D eigenvalue weighted by molar-refractivity contribution is 9.10. The highest BCUT2D eigenvalue weighted by Crippen LogP contribution is 2.27. The third kappa shape index (κ3) is 6.85. The molecular formula is C17H17BrClNO2S. The second-order valence-electron chi connectivity index (χ2n) is 4.75. The van der Waals surface area contributed by atoms with E-state index in [1.807, 2.05) is 18.2 Å². The Labute approximate surface area is 153 Å². The molecule has 0 saturated carbocycles. The largest absolute Gasteiger partial charge is 0.483 e. The predicted octanol–water partition coefficient (Wildman–Crippen LogP) is 4.53. The number of carbonyl (C=O) groups excluding carboxylic acids is 1. The SMILES string of the molecule is O=C(COc1ccc(Cl)cc1Br)NCCSCc1ccccc1. The number of thioether (sulfide) groups is 1. The van der Waals surface area contributed by atoms with E-state index in [0.29, 0.717) is 17.3 Å². The van der Waals surface area contributed by atoms with Gasteiger partial charge in [-0.25, -0.2) is 0 Å². The first kappa shape index (κ1) is 18.2. The summed E-state index contributed by atoms with van der Waals surface area (Å²) in [6.07, 6.45) is 0. The molecule has 0 aliphatic carbocycles. The molecule has 0 fully saturated rings. The summed E-state index contributed by atoms with van der Waals surface area (Å²) in [6.45, 7) is 0.616. The van der Waals surface area contributed by atoms with Crippen LogP contribution in [0.5, 0.6) is 5.75 Å². The van der Waals surface area contributed by atoms with Crippen LogP contribution in [0.15, 0.2) is 53.0 Å². The molecule has 0 unspecified atom stereocenters. The number of amides is 1. The monoisotopic (exact) mass is 413 g/mol. The maximum atomic E-state index is 11.7. The van der Waals surface area contributed by atoms with Gasteiger partial charge < -0.3 is 10.1 Å². The maximum absolute atomic E-state index is 11.7. The maximum Gasteiger partial charge on any atom is 0.257 e. The molecule has 3 nitrogen and oxygen atoms in total. The third-order valence-corrected chi connectivity index (χ3v) is 4.82. The van der Waals surface area contributed by atoms with E-state index in [4.69, 9.17) is 16.3 Å². The van der Waals surface area contributed by atoms with Crippen molar-refractivity contribution in [2.24, 2.45) is 0 Å². The van der Waals surface area contributed by atoms with Crippen LogP contribution in [0, 0.1) is 0 Å². The topological polar surface area (TPSA) is 38.3 Å². The molecule has 0 bridgehead atoms. The molecule has 1 amide bonds. The smallest absolute Gasteiger partial charge is 0.257 e. The van der Waals surface area contributed by atoms with Crippen LogP contribution in [-0.4, -0.2) is 24.8 Å². The standard InChI is InChI=1S/C17H17BrClNO2S/c18-15-10-14(19)6-7-16(15)22-11-17(21)20-8-9-23-12-13-4-2-1-3-5-13/h1-7,10H,8-9,11-12H2,(H,20,21). The third-order valence-electron chi connectivity index (χ3n) is 2.93. The van der Waals surface area contributed by atoms with E-state index in [1.165, 1.54) is 5.56 Å². The fourth-order valence-electron chi connectivity index (χ4n) is 1.81. The summed E-state index contributed by atoms with van der Waals surface area (Å²) in [7, 11) is 0. The first-order valence-electron chi connectivity index (χ1n) is 7.11. The van der Waals surface area contributed by atoms with Crippen molar-refractivity contribution in [3.8, 4) is 5.75 Å². The molecule has 6 heteroatoms. The number of ether oxygens (including phenoxy) is 1. The van der Waals surface area contributed by atoms with E-state index < -0.39 is 0 Å².